The van der Waals surface area contributed by atoms with Crippen molar-refractivity contribution < 1.29 is 4.79 Å². The third-order valence-corrected chi connectivity index (χ3v) is 2.80. The second-order valence-corrected chi connectivity index (χ2v) is 5.17. The van der Waals surface area contributed by atoms with Gasteiger partial charge in [0, 0.05) is 12.6 Å². The molecule has 1 heterocycles. The van der Waals surface area contributed by atoms with Crippen LogP contribution < -0.4 is 0 Å². The topological polar surface area (TPSA) is 20.3 Å². The summed E-state index contributed by atoms with van der Waals surface area (Å²) in [5.74, 6) is 0.891. The van der Waals surface area contributed by atoms with Crippen LogP contribution in [0, 0.1) is 5.92 Å². The van der Waals surface area contributed by atoms with Crippen molar-refractivity contribution in [3.63, 3.8) is 0 Å². The fourth-order valence-corrected chi connectivity index (χ4v) is 2.10. The number of nitrogens with zero attached hydrogens (tertiary/aromatic N) is 1. The SMILES string of the molecule is CC1CC(C)N(C(=O)C(C)Br)C1. The molecule has 0 aliphatic carbocycles. The van der Waals surface area contributed by atoms with Crippen molar-refractivity contribution in [2.24, 2.45) is 5.92 Å². The zero-order valence-electron chi connectivity index (χ0n) is 7.88. The molecule has 0 saturated carbocycles. The number of alkyl halides is 1. The minimum atomic E-state index is -0.0368. The number of rotatable bonds is 1. The van der Waals surface area contributed by atoms with Gasteiger partial charge in [0.25, 0.3) is 0 Å². The maximum absolute atomic E-state index is 11.6. The molecular weight excluding hydrogens is 218 g/mol. The molecule has 0 bridgehead atoms. The lowest BCUT2D eigenvalue weighted by Gasteiger charge is -2.22. The fraction of sp³-hybridized carbons (Fsp3) is 0.889. The van der Waals surface area contributed by atoms with Gasteiger partial charge in [-0.3, -0.25) is 4.79 Å². The Labute approximate surface area is 82.4 Å². The van der Waals surface area contributed by atoms with Crippen molar-refractivity contribution in [2.45, 2.75) is 38.1 Å². The summed E-state index contributed by atoms with van der Waals surface area (Å²) in [6.07, 6.45) is 1.14. The highest BCUT2D eigenvalue weighted by atomic mass is 79.9. The van der Waals surface area contributed by atoms with Crippen LogP contribution in [0.3, 0.4) is 0 Å². The predicted molar refractivity (Wildman–Crippen MR) is 53.3 cm³/mol. The van der Waals surface area contributed by atoms with E-state index in [1.165, 1.54) is 0 Å². The first-order valence-corrected chi connectivity index (χ1v) is 5.38. The highest BCUT2D eigenvalue weighted by Crippen LogP contribution is 2.23. The summed E-state index contributed by atoms with van der Waals surface area (Å²) in [5.41, 5.74) is 0. The Kier molecular flexibility index (Phi) is 3.16. The molecule has 1 aliphatic rings. The highest BCUT2D eigenvalue weighted by Gasteiger charge is 2.31. The summed E-state index contributed by atoms with van der Waals surface area (Å²) in [6.45, 7) is 7.13. The van der Waals surface area contributed by atoms with Gasteiger partial charge in [-0.1, -0.05) is 22.9 Å². The molecule has 1 aliphatic heterocycles. The standard InChI is InChI=1S/C9H16BrNO/c1-6-4-7(2)11(5-6)9(12)8(3)10/h6-8H,4-5H2,1-3H3. The summed E-state index contributed by atoms with van der Waals surface area (Å²) in [7, 11) is 0. The van der Waals surface area contributed by atoms with E-state index in [0.29, 0.717) is 12.0 Å². The number of likely N-dealkylation sites (tertiary alicyclic amines) is 1. The molecule has 0 aromatic heterocycles. The fourth-order valence-electron chi connectivity index (χ4n) is 1.84. The average Bonchev–Trinajstić information content (AvgIpc) is 2.28. The molecule has 3 heteroatoms. The number of halogens is 1. The van der Waals surface area contributed by atoms with Crippen LogP contribution in [0.2, 0.25) is 0 Å². The Hall–Kier alpha value is -0.0500. The number of hydrogen-bond donors (Lipinski definition) is 0. The van der Waals surface area contributed by atoms with Crippen LogP contribution in [0.15, 0.2) is 0 Å². The van der Waals surface area contributed by atoms with Crippen molar-refractivity contribution in [3.05, 3.63) is 0 Å². The van der Waals surface area contributed by atoms with E-state index in [2.05, 4.69) is 29.8 Å². The van der Waals surface area contributed by atoms with E-state index in [-0.39, 0.29) is 10.7 Å². The van der Waals surface area contributed by atoms with Gasteiger partial charge < -0.3 is 4.90 Å². The highest BCUT2D eigenvalue weighted by molar-refractivity contribution is 9.10. The smallest absolute Gasteiger partial charge is 0.236 e. The van der Waals surface area contributed by atoms with E-state index < -0.39 is 0 Å². The molecule has 1 amide bonds. The van der Waals surface area contributed by atoms with E-state index in [1.807, 2.05) is 11.8 Å². The summed E-state index contributed by atoms with van der Waals surface area (Å²) in [5, 5.41) is 0. The van der Waals surface area contributed by atoms with Crippen LogP contribution in [-0.4, -0.2) is 28.2 Å². The van der Waals surface area contributed by atoms with Gasteiger partial charge in [-0.2, -0.15) is 0 Å². The normalized spacial score (nSPS) is 32.2. The molecule has 2 nitrogen and oxygen atoms in total. The van der Waals surface area contributed by atoms with Crippen molar-refractivity contribution in [1.29, 1.82) is 0 Å². The zero-order chi connectivity index (χ0) is 9.30. The quantitative estimate of drug-likeness (QED) is 0.635. The Morgan fingerprint density at radius 1 is 1.58 bits per heavy atom. The van der Waals surface area contributed by atoms with Crippen LogP contribution in [-0.2, 0) is 4.79 Å². The molecule has 1 saturated heterocycles. The summed E-state index contributed by atoms with van der Waals surface area (Å²) < 4.78 is 0. The molecule has 0 aromatic rings. The lowest BCUT2D eigenvalue weighted by atomic mass is 10.1. The average molecular weight is 234 g/mol. The Morgan fingerprint density at radius 2 is 2.17 bits per heavy atom. The third-order valence-electron chi connectivity index (χ3n) is 2.41. The van der Waals surface area contributed by atoms with E-state index in [4.69, 9.17) is 0 Å². The lowest BCUT2D eigenvalue weighted by Crippen LogP contribution is -2.37. The van der Waals surface area contributed by atoms with E-state index in [0.717, 1.165) is 13.0 Å². The van der Waals surface area contributed by atoms with Gasteiger partial charge in [0.2, 0.25) is 5.91 Å². The van der Waals surface area contributed by atoms with Crippen molar-refractivity contribution >= 4 is 21.8 Å². The molecule has 70 valence electrons. The minimum Gasteiger partial charge on any atom is -0.339 e. The number of carbonyl (C=O) groups is 1. The van der Waals surface area contributed by atoms with Gasteiger partial charge in [-0.05, 0) is 26.2 Å². The molecular formula is C9H16BrNO. The van der Waals surface area contributed by atoms with Crippen LogP contribution in [0.25, 0.3) is 0 Å². The molecule has 0 spiro atoms. The molecule has 12 heavy (non-hydrogen) atoms. The molecule has 0 aromatic carbocycles. The van der Waals surface area contributed by atoms with Crippen molar-refractivity contribution in [1.82, 2.24) is 4.90 Å². The maximum Gasteiger partial charge on any atom is 0.236 e. The Morgan fingerprint density at radius 3 is 2.50 bits per heavy atom. The minimum absolute atomic E-state index is 0.0368. The van der Waals surface area contributed by atoms with Gasteiger partial charge in [0.1, 0.15) is 0 Å². The van der Waals surface area contributed by atoms with Gasteiger partial charge >= 0.3 is 0 Å². The van der Waals surface area contributed by atoms with Crippen molar-refractivity contribution in [3.8, 4) is 0 Å². The van der Waals surface area contributed by atoms with Gasteiger partial charge in [-0.25, -0.2) is 0 Å². The molecule has 1 rings (SSSR count). The van der Waals surface area contributed by atoms with Gasteiger partial charge in [0.15, 0.2) is 0 Å². The number of amides is 1. The molecule has 1 fully saturated rings. The maximum atomic E-state index is 11.6. The number of carbonyl (C=O) groups excluding carboxylic acids is 1. The molecule has 3 atom stereocenters. The Bertz CT molecular complexity index is 181. The van der Waals surface area contributed by atoms with E-state index >= 15 is 0 Å². The monoisotopic (exact) mass is 233 g/mol. The predicted octanol–water partition coefficient (Wildman–Crippen LogP) is 2.03. The van der Waals surface area contributed by atoms with Crippen LogP contribution in [0.5, 0.6) is 0 Å². The first-order valence-electron chi connectivity index (χ1n) is 4.47. The molecule has 3 unspecified atom stereocenters. The second kappa shape index (κ2) is 3.77. The second-order valence-electron chi connectivity index (χ2n) is 3.80. The third kappa shape index (κ3) is 2.00. The molecule has 0 N–H and O–H groups in total. The molecule has 0 radical (unpaired) electrons. The summed E-state index contributed by atoms with van der Waals surface area (Å²) in [6, 6.07) is 0.424. The Balaban J connectivity index is 2.58. The largest absolute Gasteiger partial charge is 0.339 e. The van der Waals surface area contributed by atoms with Crippen LogP contribution in [0.4, 0.5) is 0 Å². The van der Waals surface area contributed by atoms with E-state index in [1.54, 1.807) is 0 Å². The van der Waals surface area contributed by atoms with Crippen molar-refractivity contribution in [2.75, 3.05) is 6.54 Å². The van der Waals surface area contributed by atoms with Crippen LogP contribution >= 0.6 is 15.9 Å². The zero-order valence-corrected chi connectivity index (χ0v) is 9.47. The first-order chi connectivity index (χ1) is 5.52. The van der Waals surface area contributed by atoms with Gasteiger partial charge in [-0.15, -0.1) is 0 Å². The first kappa shape index (κ1) is 10.0. The van der Waals surface area contributed by atoms with E-state index in [9.17, 15) is 4.79 Å². The van der Waals surface area contributed by atoms with Crippen LogP contribution in [0.1, 0.15) is 27.2 Å². The lowest BCUT2D eigenvalue weighted by molar-refractivity contribution is -0.130. The number of hydrogen-bond acceptors (Lipinski definition) is 1. The summed E-state index contributed by atoms with van der Waals surface area (Å²) in [4.78, 5) is 13.5. The summed E-state index contributed by atoms with van der Waals surface area (Å²) >= 11 is 3.31. The van der Waals surface area contributed by atoms with Gasteiger partial charge in [0.05, 0.1) is 4.83 Å².